The van der Waals surface area contributed by atoms with E-state index in [1.807, 2.05) is 33.3 Å². The van der Waals surface area contributed by atoms with E-state index < -0.39 is 20.0 Å². The summed E-state index contributed by atoms with van der Waals surface area (Å²) >= 11 is 0. The zero-order chi connectivity index (χ0) is 48.0. The molecule has 3 unspecified atom stereocenters. The van der Waals surface area contributed by atoms with E-state index in [1.54, 1.807) is 0 Å². The Morgan fingerprint density at radius 1 is 0.523 bits per heavy atom. The number of nitrogens with one attached hydrogen (secondary N) is 1. The fourth-order valence-electron chi connectivity index (χ4n) is 8.05. The normalized spacial score (nSPS) is 14.0. The summed E-state index contributed by atoms with van der Waals surface area (Å²) in [4.78, 5) is 39.7. The Balaban J connectivity index is 5.42. The smallest absolute Gasteiger partial charge is 0.306 e. The summed E-state index contributed by atoms with van der Waals surface area (Å²) in [6.07, 6.45) is 51.3. The summed E-state index contributed by atoms with van der Waals surface area (Å²) in [5, 5.41) is 3.01. The molecule has 0 heterocycles. The Morgan fingerprint density at radius 3 is 1.32 bits per heavy atom. The molecule has 0 rings (SSSR count). The number of phosphoric ester groups is 1. The minimum atomic E-state index is -4.69. The third kappa shape index (κ3) is 47.4. The topological polar surface area (TPSA) is 114 Å². The van der Waals surface area contributed by atoms with E-state index in [0.29, 0.717) is 23.9 Å². The lowest BCUT2D eigenvalue weighted by Gasteiger charge is -2.30. The summed E-state index contributed by atoms with van der Waals surface area (Å²) in [6, 6.07) is -0.886. The van der Waals surface area contributed by atoms with E-state index >= 15 is 0 Å². The molecule has 3 atom stereocenters. The van der Waals surface area contributed by atoms with Gasteiger partial charge in [0.25, 0.3) is 7.82 Å². The number of hydrogen-bond donors (Lipinski definition) is 1. The van der Waals surface area contributed by atoms with Crippen LogP contribution in [-0.2, 0) is 27.9 Å². The average Bonchev–Trinajstić information content (AvgIpc) is 3.26. The van der Waals surface area contributed by atoms with Gasteiger partial charge in [-0.2, -0.15) is 0 Å². The monoisotopic (exact) mass is 939 g/mol. The molecule has 1 N–H and O–H groups in total. The molecule has 0 saturated heterocycles. The number of amides is 1. The SMILES string of the molecule is CCCCCCCC/C=C\CCCCCC(=O)OC(/C=C/CCCCCCCCCCCCC)C(COP(=O)([O-])OCC[N+](C)(C)C)NC(=O)CCCCCCCCCCCCCCC. The number of likely N-dealkylation sites (N-methyl/N-ethyl adjacent to an activating group) is 1. The van der Waals surface area contributed by atoms with Crippen LogP contribution in [0, 0.1) is 0 Å². The van der Waals surface area contributed by atoms with Crippen molar-refractivity contribution in [3.8, 4) is 0 Å². The minimum absolute atomic E-state index is 0.0213. The van der Waals surface area contributed by atoms with Crippen molar-refractivity contribution in [2.75, 3.05) is 40.9 Å². The Morgan fingerprint density at radius 2 is 0.892 bits per heavy atom. The first-order valence-corrected chi connectivity index (χ1v) is 29.1. The highest BCUT2D eigenvalue weighted by atomic mass is 31.2. The number of carbonyl (C=O) groups excluding carboxylic acids is 2. The Labute approximate surface area is 403 Å². The largest absolute Gasteiger partial charge is 0.756 e. The lowest BCUT2D eigenvalue weighted by molar-refractivity contribution is -0.870. The molecule has 9 nitrogen and oxygen atoms in total. The lowest BCUT2D eigenvalue weighted by atomic mass is 10.0. The second-order valence-electron chi connectivity index (χ2n) is 20.1. The second kappa shape index (κ2) is 46.2. The number of ether oxygens (including phenoxy) is 1. The fourth-order valence-corrected chi connectivity index (χ4v) is 8.77. The van der Waals surface area contributed by atoms with Gasteiger partial charge in [-0.3, -0.25) is 14.2 Å². The van der Waals surface area contributed by atoms with Gasteiger partial charge >= 0.3 is 5.97 Å². The number of nitrogens with zero attached hydrogens (tertiary/aromatic N) is 1. The zero-order valence-electron chi connectivity index (χ0n) is 43.7. The van der Waals surface area contributed by atoms with Gasteiger partial charge in [0.1, 0.15) is 19.3 Å². The van der Waals surface area contributed by atoms with E-state index in [-0.39, 0.29) is 31.5 Å². The molecule has 0 spiro atoms. The summed E-state index contributed by atoms with van der Waals surface area (Å²) in [5.74, 6) is -0.550. The van der Waals surface area contributed by atoms with E-state index in [0.717, 1.165) is 64.2 Å². The summed E-state index contributed by atoms with van der Waals surface area (Å²) in [5.41, 5.74) is 0. The first kappa shape index (κ1) is 63.5. The zero-order valence-corrected chi connectivity index (χ0v) is 44.6. The van der Waals surface area contributed by atoms with Gasteiger partial charge < -0.3 is 28.5 Å². The van der Waals surface area contributed by atoms with Gasteiger partial charge in [-0.15, -0.1) is 0 Å². The molecular formula is C55H107N2O7P. The molecule has 0 aromatic rings. The van der Waals surface area contributed by atoms with Gasteiger partial charge in [0.05, 0.1) is 33.8 Å². The molecule has 0 saturated carbocycles. The Hall–Kier alpha value is -1.51. The van der Waals surface area contributed by atoms with Crippen LogP contribution >= 0.6 is 7.82 Å². The molecule has 0 aromatic heterocycles. The van der Waals surface area contributed by atoms with Crippen LogP contribution < -0.4 is 10.2 Å². The van der Waals surface area contributed by atoms with Gasteiger partial charge in [0.15, 0.2) is 0 Å². The van der Waals surface area contributed by atoms with Crippen LogP contribution in [0.25, 0.3) is 0 Å². The summed E-state index contributed by atoms with van der Waals surface area (Å²) < 4.78 is 30.2. The number of esters is 1. The van der Waals surface area contributed by atoms with Crippen LogP contribution in [0.2, 0.25) is 0 Å². The van der Waals surface area contributed by atoms with E-state index in [4.69, 9.17) is 13.8 Å². The number of unbranched alkanes of at least 4 members (excludes halogenated alkanes) is 32. The van der Waals surface area contributed by atoms with Crippen LogP contribution in [0.1, 0.15) is 265 Å². The maximum Gasteiger partial charge on any atom is 0.306 e. The van der Waals surface area contributed by atoms with Gasteiger partial charge in [0, 0.05) is 12.8 Å². The van der Waals surface area contributed by atoms with Crippen molar-refractivity contribution in [2.24, 2.45) is 0 Å². The minimum Gasteiger partial charge on any atom is -0.756 e. The second-order valence-corrected chi connectivity index (χ2v) is 21.5. The van der Waals surface area contributed by atoms with Gasteiger partial charge in [-0.25, -0.2) is 0 Å². The van der Waals surface area contributed by atoms with E-state index in [1.165, 1.54) is 161 Å². The molecule has 0 aliphatic heterocycles. The molecule has 384 valence electrons. The number of carbonyl (C=O) groups is 2. The molecular weight excluding hydrogens is 832 g/mol. The van der Waals surface area contributed by atoms with Crippen LogP contribution in [0.4, 0.5) is 0 Å². The van der Waals surface area contributed by atoms with Crippen LogP contribution in [0.5, 0.6) is 0 Å². The van der Waals surface area contributed by atoms with Crippen molar-refractivity contribution in [1.82, 2.24) is 5.32 Å². The standard InChI is InChI=1S/C55H107N2O7P/c1-7-10-13-16-19-22-25-28-31-34-37-40-43-46-53(64-55(59)48-45-42-39-36-33-30-27-24-21-18-15-12-9-3)52(51-63-65(60,61)62-50-49-57(4,5)6)56-54(58)47-44-41-38-35-32-29-26-23-20-17-14-11-8-2/h30,33,43,46,52-53H,7-29,31-32,34-42,44-45,47-51H2,1-6H3,(H-,56,58,60,61)/b33-30-,46-43+. The predicted octanol–water partition coefficient (Wildman–Crippen LogP) is 15.6. The average molecular weight is 939 g/mol. The number of phosphoric acid groups is 1. The van der Waals surface area contributed by atoms with E-state index in [9.17, 15) is 19.0 Å². The molecule has 0 aliphatic carbocycles. The van der Waals surface area contributed by atoms with Crippen molar-refractivity contribution in [3.05, 3.63) is 24.3 Å². The third-order valence-electron chi connectivity index (χ3n) is 12.4. The Kier molecular flexibility index (Phi) is 45.2. The predicted molar refractivity (Wildman–Crippen MR) is 275 cm³/mol. The number of allylic oxidation sites excluding steroid dienone is 3. The summed E-state index contributed by atoms with van der Waals surface area (Å²) in [6.45, 7) is 6.84. The first-order chi connectivity index (χ1) is 31.4. The molecule has 65 heavy (non-hydrogen) atoms. The maximum atomic E-state index is 13.4. The molecule has 0 aromatic carbocycles. The summed E-state index contributed by atoms with van der Waals surface area (Å²) in [7, 11) is 1.19. The highest BCUT2D eigenvalue weighted by molar-refractivity contribution is 7.45. The molecule has 10 heteroatoms. The van der Waals surface area contributed by atoms with E-state index in [2.05, 4.69) is 38.2 Å². The van der Waals surface area contributed by atoms with Crippen LogP contribution in [-0.4, -0.2) is 69.4 Å². The van der Waals surface area contributed by atoms with Crippen LogP contribution in [0.3, 0.4) is 0 Å². The number of quaternary nitrogens is 1. The van der Waals surface area contributed by atoms with Crippen molar-refractivity contribution < 1.29 is 37.3 Å². The van der Waals surface area contributed by atoms with Crippen molar-refractivity contribution in [2.45, 2.75) is 277 Å². The van der Waals surface area contributed by atoms with Gasteiger partial charge in [-0.1, -0.05) is 219 Å². The molecule has 0 aliphatic rings. The first-order valence-electron chi connectivity index (χ1n) is 27.6. The molecule has 1 amide bonds. The Bertz CT molecular complexity index is 1170. The maximum absolute atomic E-state index is 13.4. The third-order valence-corrected chi connectivity index (χ3v) is 13.3. The quantitative estimate of drug-likeness (QED) is 0.0212. The highest BCUT2D eigenvalue weighted by Crippen LogP contribution is 2.38. The van der Waals surface area contributed by atoms with Gasteiger partial charge in [0.2, 0.25) is 5.91 Å². The van der Waals surface area contributed by atoms with Gasteiger partial charge in [-0.05, 0) is 57.4 Å². The van der Waals surface area contributed by atoms with Crippen molar-refractivity contribution in [1.29, 1.82) is 0 Å². The molecule has 0 radical (unpaired) electrons. The fraction of sp³-hybridized carbons (Fsp3) is 0.891. The number of hydrogen-bond acceptors (Lipinski definition) is 7. The van der Waals surface area contributed by atoms with Crippen molar-refractivity contribution >= 4 is 19.7 Å². The highest BCUT2D eigenvalue weighted by Gasteiger charge is 2.27. The van der Waals surface area contributed by atoms with Crippen LogP contribution in [0.15, 0.2) is 24.3 Å². The van der Waals surface area contributed by atoms with Crippen molar-refractivity contribution in [3.63, 3.8) is 0 Å². The molecule has 0 fully saturated rings. The number of rotatable bonds is 50. The molecule has 0 bridgehead atoms. The lowest BCUT2D eigenvalue weighted by Crippen LogP contribution is -2.47.